The molecule has 0 aromatic heterocycles. The lowest BCUT2D eigenvalue weighted by atomic mass is 10.2. The maximum atomic E-state index is 11.7. The lowest BCUT2D eigenvalue weighted by molar-refractivity contribution is -0.120. The quantitative estimate of drug-likeness (QED) is 0.760. The van der Waals surface area contributed by atoms with Crippen LogP contribution in [0.1, 0.15) is 39.0 Å². The number of hydrogen-bond acceptors (Lipinski definition) is 2. The number of amides is 1. The van der Waals surface area contributed by atoms with Crippen molar-refractivity contribution in [2.24, 2.45) is 0 Å². The molecule has 88 valence electrons. The lowest BCUT2D eigenvalue weighted by Crippen LogP contribution is -2.37. The first kappa shape index (κ1) is 13.2. The molecule has 0 aliphatic carbocycles. The van der Waals surface area contributed by atoms with Crippen molar-refractivity contribution in [3.8, 4) is 0 Å². The van der Waals surface area contributed by atoms with Crippen molar-refractivity contribution in [1.82, 2.24) is 5.32 Å². The van der Waals surface area contributed by atoms with Gasteiger partial charge in [0, 0.05) is 6.54 Å². The summed E-state index contributed by atoms with van der Waals surface area (Å²) in [6.45, 7) is 2.72. The fourth-order valence-electron chi connectivity index (χ4n) is 1.69. The predicted octanol–water partition coefficient (Wildman–Crippen LogP) is 2.80. The highest BCUT2D eigenvalue weighted by Gasteiger charge is 2.21. The molecule has 4 heteroatoms. The van der Waals surface area contributed by atoms with Gasteiger partial charge in [-0.25, -0.2) is 0 Å². The first-order chi connectivity index (χ1) is 7.24. The second-order valence-corrected chi connectivity index (χ2v) is 5.91. The van der Waals surface area contributed by atoms with Gasteiger partial charge < -0.3 is 5.32 Å². The highest BCUT2D eigenvalue weighted by molar-refractivity contribution is 8.00. The first-order valence-electron chi connectivity index (χ1n) is 5.77. The molecule has 1 aliphatic rings. The standard InChI is InChI=1S/C11H20ClNOS/c1-2-5-9(12)8-13-11(14)10-6-3-4-7-15-10/h9-10H,2-8H2,1H3,(H,13,14). The van der Waals surface area contributed by atoms with E-state index in [4.69, 9.17) is 11.6 Å². The van der Waals surface area contributed by atoms with Crippen molar-refractivity contribution < 1.29 is 4.79 Å². The summed E-state index contributed by atoms with van der Waals surface area (Å²) >= 11 is 7.82. The van der Waals surface area contributed by atoms with Crippen molar-refractivity contribution in [1.29, 1.82) is 0 Å². The van der Waals surface area contributed by atoms with Crippen LogP contribution in [-0.4, -0.2) is 28.8 Å². The maximum Gasteiger partial charge on any atom is 0.233 e. The Labute approximate surface area is 102 Å². The summed E-state index contributed by atoms with van der Waals surface area (Å²) < 4.78 is 0. The van der Waals surface area contributed by atoms with Gasteiger partial charge in [-0.05, 0) is 25.0 Å². The van der Waals surface area contributed by atoms with Gasteiger partial charge in [0.1, 0.15) is 0 Å². The Morgan fingerprint density at radius 2 is 2.40 bits per heavy atom. The van der Waals surface area contributed by atoms with Crippen LogP contribution in [0.3, 0.4) is 0 Å². The van der Waals surface area contributed by atoms with Crippen molar-refractivity contribution in [3.63, 3.8) is 0 Å². The van der Waals surface area contributed by atoms with Gasteiger partial charge in [-0.2, -0.15) is 0 Å². The summed E-state index contributed by atoms with van der Waals surface area (Å²) in [7, 11) is 0. The molecule has 1 N–H and O–H groups in total. The van der Waals surface area contributed by atoms with E-state index in [1.807, 2.05) is 0 Å². The molecule has 1 heterocycles. The predicted molar refractivity (Wildman–Crippen MR) is 67.7 cm³/mol. The van der Waals surface area contributed by atoms with Crippen LogP contribution in [0.5, 0.6) is 0 Å². The maximum absolute atomic E-state index is 11.7. The summed E-state index contributed by atoms with van der Waals surface area (Å²) in [6.07, 6.45) is 5.51. The van der Waals surface area contributed by atoms with Crippen molar-refractivity contribution >= 4 is 29.3 Å². The molecule has 1 fully saturated rings. The normalized spacial score (nSPS) is 23.5. The van der Waals surface area contributed by atoms with Gasteiger partial charge in [0.05, 0.1) is 10.6 Å². The van der Waals surface area contributed by atoms with Crippen LogP contribution in [0.2, 0.25) is 0 Å². The minimum atomic E-state index is 0.0903. The van der Waals surface area contributed by atoms with Crippen LogP contribution in [0, 0.1) is 0 Å². The number of rotatable bonds is 5. The molecule has 0 saturated carbocycles. The summed E-state index contributed by atoms with van der Waals surface area (Å²) in [5.41, 5.74) is 0. The molecule has 1 amide bonds. The molecular formula is C11H20ClNOS. The Balaban J connectivity index is 2.16. The minimum absolute atomic E-state index is 0.0903. The zero-order chi connectivity index (χ0) is 11.1. The van der Waals surface area contributed by atoms with Crippen molar-refractivity contribution in [2.75, 3.05) is 12.3 Å². The van der Waals surface area contributed by atoms with E-state index in [1.54, 1.807) is 11.8 Å². The smallest absolute Gasteiger partial charge is 0.233 e. The fraction of sp³-hybridized carbons (Fsp3) is 0.909. The van der Waals surface area contributed by atoms with Crippen LogP contribution in [0.25, 0.3) is 0 Å². The molecule has 1 saturated heterocycles. The van der Waals surface area contributed by atoms with Gasteiger partial charge in [0.2, 0.25) is 5.91 Å². The summed E-state index contributed by atoms with van der Waals surface area (Å²) in [5, 5.41) is 3.21. The molecule has 0 radical (unpaired) electrons. The molecule has 0 spiro atoms. The van der Waals surface area contributed by atoms with Crippen LogP contribution < -0.4 is 5.32 Å². The summed E-state index contributed by atoms with van der Waals surface area (Å²) in [6, 6.07) is 0. The fourth-order valence-corrected chi connectivity index (χ4v) is 3.21. The second-order valence-electron chi connectivity index (χ2n) is 3.99. The number of alkyl halides is 1. The van der Waals surface area contributed by atoms with Crippen molar-refractivity contribution in [3.05, 3.63) is 0 Å². The second kappa shape index (κ2) is 7.39. The van der Waals surface area contributed by atoms with E-state index in [2.05, 4.69) is 12.2 Å². The third kappa shape index (κ3) is 5.12. The molecule has 2 unspecified atom stereocenters. The largest absolute Gasteiger partial charge is 0.354 e. The average Bonchev–Trinajstić information content (AvgIpc) is 2.27. The van der Waals surface area contributed by atoms with Gasteiger partial charge in [-0.1, -0.05) is 19.8 Å². The number of halogens is 1. The van der Waals surface area contributed by atoms with E-state index >= 15 is 0 Å². The zero-order valence-corrected chi connectivity index (χ0v) is 10.9. The van der Waals surface area contributed by atoms with E-state index in [-0.39, 0.29) is 16.5 Å². The topological polar surface area (TPSA) is 29.1 Å². The Morgan fingerprint density at radius 3 is 3.00 bits per heavy atom. The number of nitrogens with one attached hydrogen (secondary N) is 1. The molecule has 0 aromatic rings. The van der Waals surface area contributed by atoms with Crippen LogP contribution in [-0.2, 0) is 4.79 Å². The molecule has 1 rings (SSSR count). The Hall–Kier alpha value is 0.110. The molecule has 0 aromatic carbocycles. The SMILES string of the molecule is CCCC(Cl)CNC(=O)C1CCCCS1. The summed E-state index contributed by atoms with van der Waals surface area (Å²) in [4.78, 5) is 11.7. The number of thioether (sulfide) groups is 1. The highest BCUT2D eigenvalue weighted by Crippen LogP contribution is 2.24. The Bertz CT molecular complexity index is 195. The average molecular weight is 250 g/mol. The van der Waals surface area contributed by atoms with Gasteiger partial charge in [-0.15, -0.1) is 23.4 Å². The molecular weight excluding hydrogens is 230 g/mol. The lowest BCUT2D eigenvalue weighted by Gasteiger charge is -2.21. The van der Waals surface area contributed by atoms with Crippen LogP contribution in [0.4, 0.5) is 0 Å². The van der Waals surface area contributed by atoms with Crippen LogP contribution in [0.15, 0.2) is 0 Å². The Kier molecular flexibility index (Phi) is 6.50. The third-order valence-corrected chi connectivity index (χ3v) is 4.32. The highest BCUT2D eigenvalue weighted by atomic mass is 35.5. The van der Waals surface area contributed by atoms with E-state index in [9.17, 15) is 4.79 Å². The molecule has 0 bridgehead atoms. The first-order valence-corrected chi connectivity index (χ1v) is 7.26. The van der Waals surface area contributed by atoms with E-state index < -0.39 is 0 Å². The molecule has 15 heavy (non-hydrogen) atoms. The molecule has 1 aliphatic heterocycles. The van der Waals surface area contributed by atoms with Gasteiger partial charge in [-0.3, -0.25) is 4.79 Å². The van der Waals surface area contributed by atoms with Crippen molar-refractivity contribution in [2.45, 2.75) is 49.7 Å². The Morgan fingerprint density at radius 1 is 1.60 bits per heavy atom. The van der Waals surface area contributed by atoms with Gasteiger partial charge in [0.15, 0.2) is 0 Å². The van der Waals surface area contributed by atoms with Crippen LogP contribution >= 0.6 is 23.4 Å². The number of carbonyl (C=O) groups excluding carboxylic acids is 1. The minimum Gasteiger partial charge on any atom is -0.354 e. The molecule has 2 atom stereocenters. The molecule has 2 nitrogen and oxygen atoms in total. The monoisotopic (exact) mass is 249 g/mol. The number of hydrogen-bond donors (Lipinski definition) is 1. The van der Waals surface area contributed by atoms with Gasteiger partial charge in [0.25, 0.3) is 0 Å². The summed E-state index contributed by atoms with van der Waals surface area (Å²) in [5.74, 6) is 1.30. The van der Waals surface area contributed by atoms with E-state index in [1.165, 1.54) is 12.8 Å². The van der Waals surface area contributed by atoms with E-state index in [0.717, 1.165) is 25.0 Å². The van der Waals surface area contributed by atoms with Gasteiger partial charge >= 0.3 is 0 Å². The number of carbonyl (C=O) groups is 1. The third-order valence-electron chi connectivity index (χ3n) is 2.57. The zero-order valence-electron chi connectivity index (χ0n) is 9.30. The van der Waals surface area contributed by atoms with E-state index in [0.29, 0.717) is 6.54 Å².